The first-order valence-corrected chi connectivity index (χ1v) is 9.47. The van der Waals surface area contributed by atoms with Crippen molar-refractivity contribution in [2.24, 2.45) is 0 Å². The molecule has 0 fully saturated rings. The monoisotopic (exact) mass is 346 g/mol. The maximum absolute atomic E-state index is 11.9. The largest absolute Gasteiger partial charge is 0.355 e. The van der Waals surface area contributed by atoms with Crippen molar-refractivity contribution >= 4 is 17.7 Å². The number of thioether (sulfide) groups is 1. The Kier molecular flexibility index (Phi) is 7.31. The van der Waals surface area contributed by atoms with Crippen LogP contribution >= 0.6 is 11.8 Å². The van der Waals surface area contributed by atoms with Crippen molar-refractivity contribution in [1.29, 1.82) is 0 Å². The van der Waals surface area contributed by atoms with Crippen molar-refractivity contribution in [3.63, 3.8) is 0 Å². The van der Waals surface area contributed by atoms with E-state index in [0.29, 0.717) is 5.75 Å². The first-order chi connectivity index (χ1) is 11.6. The van der Waals surface area contributed by atoms with Gasteiger partial charge in [-0.05, 0) is 31.9 Å². The Morgan fingerprint density at radius 1 is 1.25 bits per heavy atom. The molecule has 2 rings (SSSR count). The van der Waals surface area contributed by atoms with Crippen molar-refractivity contribution in [3.8, 4) is 5.69 Å². The van der Waals surface area contributed by atoms with Gasteiger partial charge in [0.15, 0.2) is 5.16 Å². The van der Waals surface area contributed by atoms with Crippen LogP contribution in [-0.4, -0.2) is 33.0 Å². The number of benzene rings is 1. The Morgan fingerprint density at radius 3 is 2.83 bits per heavy atom. The molecule has 0 aliphatic rings. The van der Waals surface area contributed by atoms with E-state index in [-0.39, 0.29) is 5.91 Å². The Hall–Kier alpha value is -1.82. The van der Waals surface area contributed by atoms with E-state index in [1.807, 2.05) is 4.57 Å². The minimum Gasteiger partial charge on any atom is -0.355 e. The highest BCUT2D eigenvalue weighted by Gasteiger charge is 2.11. The molecule has 6 heteroatoms. The predicted octanol–water partition coefficient (Wildman–Crippen LogP) is 3.67. The molecule has 0 aliphatic carbocycles. The zero-order valence-electron chi connectivity index (χ0n) is 14.7. The van der Waals surface area contributed by atoms with Gasteiger partial charge in [-0.3, -0.25) is 9.36 Å². The maximum atomic E-state index is 11.9. The second-order valence-corrected chi connectivity index (χ2v) is 6.92. The van der Waals surface area contributed by atoms with Crippen molar-refractivity contribution in [1.82, 2.24) is 20.1 Å². The van der Waals surface area contributed by atoms with E-state index in [4.69, 9.17) is 0 Å². The van der Waals surface area contributed by atoms with Gasteiger partial charge < -0.3 is 5.32 Å². The number of nitrogens with zero attached hydrogens (tertiary/aromatic N) is 3. The molecular formula is C18H26N4OS. The maximum Gasteiger partial charge on any atom is 0.230 e. The molecule has 24 heavy (non-hydrogen) atoms. The number of rotatable bonds is 9. The van der Waals surface area contributed by atoms with Crippen LogP contribution in [0, 0.1) is 13.8 Å². The van der Waals surface area contributed by atoms with E-state index in [2.05, 4.69) is 54.5 Å². The average Bonchev–Trinajstić information content (AvgIpc) is 3.01. The molecule has 0 bridgehead atoms. The summed E-state index contributed by atoms with van der Waals surface area (Å²) < 4.78 is 1.94. The number of hydrogen-bond donors (Lipinski definition) is 1. The number of carbonyl (C=O) groups excluding carboxylic acids is 1. The fourth-order valence-electron chi connectivity index (χ4n) is 2.52. The first-order valence-electron chi connectivity index (χ1n) is 8.49. The van der Waals surface area contributed by atoms with E-state index in [1.165, 1.54) is 36.6 Å². The highest BCUT2D eigenvalue weighted by molar-refractivity contribution is 7.99. The molecule has 1 N–H and O–H groups in total. The van der Waals surface area contributed by atoms with Crippen LogP contribution in [0.5, 0.6) is 0 Å². The molecule has 5 nitrogen and oxygen atoms in total. The van der Waals surface area contributed by atoms with Crippen LogP contribution in [0.4, 0.5) is 0 Å². The number of carbonyl (C=O) groups is 1. The topological polar surface area (TPSA) is 59.8 Å². The Balaban J connectivity index is 1.88. The molecule has 0 atom stereocenters. The van der Waals surface area contributed by atoms with Crippen molar-refractivity contribution in [3.05, 3.63) is 35.7 Å². The van der Waals surface area contributed by atoms with Crippen LogP contribution in [0.1, 0.15) is 43.7 Å². The van der Waals surface area contributed by atoms with Gasteiger partial charge in [0, 0.05) is 6.54 Å². The second-order valence-electron chi connectivity index (χ2n) is 5.97. The third-order valence-electron chi connectivity index (χ3n) is 3.81. The van der Waals surface area contributed by atoms with Crippen LogP contribution in [0.3, 0.4) is 0 Å². The number of aryl methyl sites for hydroxylation is 2. The molecule has 1 heterocycles. The van der Waals surface area contributed by atoms with Crippen molar-refractivity contribution in [2.45, 2.75) is 51.6 Å². The van der Waals surface area contributed by atoms with Gasteiger partial charge in [0.05, 0.1) is 11.4 Å². The molecule has 2 aromatic rings. The van der Waals surface area contributed by atoms with Crippen molar-refractivity contribution < 1.29 is 4.79 Å². The lowest BCUT2D eigenvalue weighted by Crippen LogP contribution is -2.26. The van der Waals surface area contributed by atoms with Crippen LogP contribution in [-0.2, 0) is 4.79 Å². The first kappa shape index (κ1) is 18.5. The number of hydrogen-bond acceptors (Lipinski definition) is 4. The Labute approximate surface area is 148 Å². The van der Waals surface area contributed by atoms with E-state index < -0.39 is 0 Å². The highest BCUT2D eigenvalue weighted by Crippen LogP contribution is 2.22. The van der Waals surface area contributed by atoms with E-state index >= 15 is 0 Å². The summed E-state index contributed by atoms with van der Waals surface area (Å²) in [6, 6.07) is 6.26. The summed E-state index contributed by atoms with van der Waals surface area (Å²) in [5, 5.41) is 11.8. The number of unbranched alkanes of at least 4 members (excludes halogenated alkanes) is 3. The van der Waals surface area contributed by atoms with Gasteiger partial charge in [0.1, 0.15) is 6.33 Å². The summed E-state index contributed by atoms with van der Waals surface area (Å²) in [6.07, 6.45) is 6.35. The second kappa shape index (κ2) is 9.47. The summed E-state index contributed by atoms with van der Waals surface area (Å²) in [7, 11) is 0. The van der Waals surface area contributed by atoms with Gasteiger partial charge >= 0.3 is 0 Å². The normalized spacial score (nSPS) is 10.8. The molecular weight excluding hydrogens is 320 g/mol. The fourth-order valence-corrected chi connectivity index (χ4v) is 3.28. The van der Waals surface area contributed by atoms with E-state index in [1.54, 1.807) is 6.33 Å². The van der Waals surface area contributed by atoms with Gasteiger partial charge in [-0.1, -0.05) is 55.6 Å². The third-order valence-corrected chi connectivity index (χ3v) is 4.76. The molecule has 1 amide bonds. The summed E-state index contributed by atoms with van der Waals surface area (Å²) in [5.74, 6) is 0.406. The zero-order chi connectivity index (χ0) is 17.4. The zero-order valence-corrected chi connectivity index (χ0v) is 15.5. The number of nitrogens with one attached hydrogen (secondary N) is 1. The highest BCUT2D eigenvalue weighted by atomic mass is 32.2. The van der Waals surface area contributed by atoms with Crippen molar-refractivity contribution in [2.75, 3.05) is 12.3 Å². The lowest BCUT2D eigenvalue weighted by Gasteiger charge is -2.10. The predicted molar refractivity (Wildman–Crippen MR) is 98.7 cm³/mol. The standard InChI is InChI=1S/C18H26N4OS/c1-4-5-6-7-10-19-17(23)12-24-18-21-20-13-22(18)16-9-8-14(2)11-15(16)3/h8-9,11,13H,4-7,10,12H2,1-3H3,(H,19,23). The molecule has 0 saturated carbocycles. The van der Waals surface area contributed by atoms with E-state index in [0.717, 1.165) is 29.4 Å². The Bertz CT molecular complexity index is 669. The minimum absolute atomic E-state index is 0.0478. The molecule has 0 unspecified atom stereocenters. The van der Waals surface area contributed by atoms with Crippen LogP contribution < -0.4 is 5.32 Å². The van der Waals surface area contributed by atoms with Crippen LogP contribution in [0.2, 0.25) is 0 Å². The smallest absolute Gasteiger partial charge is 0.230 e. The molecule has 0 saturated heterocycles. The lowest BCUT2D eigenvalue weighted by atomic mass is 10.1. The summed E-state index contributed by atoms with van der Waals surface area (Å²) in [4.78, 5) is 11.9. The number of amides is 1. The average molecular weight is 347 g/mol. The Morgan fingerprint density at radius 2 is 2.08 bits per heavy atom. The minimum atomic E-state index is 0.0478. The molecule has 0 spiro atoms. The summed E-state index contributed by atoms with van der Waals surface area (Å²) in [5.41, 5.74) is 3.44. The van der Waals surface area contributed by atoms with Gasteiger partial charge in [0.25, 0.3) is 0 Å². The SMILES string of the molecule is CCCCCCNC(=O)CSc1nncn1-c1ccc(C)cc1C. The molecule has 1 aromatic heterocycles. The van der Waals surface area contributed by atoms with Crippen LogP contribution in [0.25, 0.3) is 5.69 Å². The molecule has 130 valence electrons. The van der Waals surface area contributed by atoms with Gasteiger partial charge in [0.2, 0.25) is 5.91 Å². The summed E-state index contributed by atoms with van der Waals surface area (Å²) in [6.45, 7) is 7.08. The van der Waals surface area contributed by atoms with Gasteiger partial charge in [-0.2, -0.15) is 0 Å². The third kappa shape index (κ3) is 5.37. The lowest BCUT2D eigenvalue weighted by molar-refractivity contribution is -0.118. The van der Waals surface area contributed by atoms with E-state index in [9.17, 15) is 4.79 Å². The molecule has 1 aromatic carbocycles. The van der Waals surface area contributed by atoms with Gasteiger partial charge in [-0.15, -0.1) is 10.2 Å². The quantitative estimate of drug-likeness (QED) is 0.556. The van der Waals surface area contributed by atoms with Gasteiger partial charge in [-0.25, -0.2) is 0 Å². The summed E-state index contributed by atoms with van der Waals surface area (Å²) >= 11 is 1.42. The number of aromatic nitrogens is 3. The molecule has 0 radical (unpaired) electrons. The fraction of sp³-hybridized carbons (Fsp3) is 0.500. The van der Waals surface area contributed by atoms with Crippen LogP contribution in [0.15, 0.2) is 29.7 Å². The molecule has 0 aliphatic heterocycles.